The molecule has 0 spiro atoms. The summed E-state index contributed by atoms with van der Waals surface area (Å²) in [7, 11) is -4.64. The van der Waals surface area contributed by atoms with Gasteiger partial charge in [0.2, 0.25) is 0 Å². The van der Waals surface area contributed by atoms with Crippen LogP contribution in [0.5, 0.6) is 0 Å². The Morgan fingerprint density at radius 1 is 1.10 bits per heavy atom. The molecule has 3 rings (SSSR count). The van der Waals surface area contributed by atoms with Crippen LogP contribution < -0.4 is 5.32 Å². The molecule has 0 aliphatic carbocycles. The van der Waals surface area contributed by atoms with Gasteiger partial charge >= 0.3 is 7.82 Å². The van der Waals surface area contributed by atoms with Crippen LogP contribution in [0.4, 0.5) is 0 Å². The predicted molar refractivity (Wildman–Crippen MR) is 82.2 cm³/mol. The van der Waals surface area contributed by atoms with E-state index in [0.29, 0.717) is 0 Å². The normalized spacial score (nSPS) is 14.1. The van der Waals surface area contributed by atoms with Crippen molar-refractivity contribution in [1.82, 2.24) is 5.32 Å². The molecule has 112 valence electrons. The highest BCUT2D eigenvalue weighted by Crippen LogP contribution is 2.25. The van der Waals surface area contributed by atoms with E-state index in [9.17, 15) is 0 Å². The summed E-state index contributed by atoms with van der Waals surface area (Å²) in [6.45, 7) is 1.90. The third kappa shape index (κ3) is 5.28. The summed E-state index contributed by atoms with van der Waals surface area (Å²) in [6, 6.07) is 15.0. The molecule has 6 nitrogen and oxygen atoms in total. The lowest BCUT2D eigenvalue weighted by Crippen LogP contribution is -2.20. The summed E-state index contributed by atoms with van der Waals surface area (Å²) in [6.07, 6.45) is 0.918. The van der Waals surface area contributed by atoms with Crippen LogP contribution >= 0.6 is 7.82 Å². The minimum Gasteiger partial charge on any atom is -0.372 e. The Kier molecular flexibility index (Phi) is 5.09. The van der Waals surface area contributed by atoms with Crippen molar-refractivity contribution in [3.8, 4) is 0 Å². The number of amidine groups is 1. The number of nitrogens with zero attached hydrogens (tertiary/aromatic N) is 1. The minimum atomic E-state index is -4.64. The molecular formula is C14H17N2O4P. The highest BCUT2D eigenvalue weighted by molar-refractivity contribution is 7.45. The molecule has 7 heteroatoms. The molecule has 4 N–H and O–H groups in total. The smallest absolute Gasteiger partial charge is 0.372 e. The Balaban J connectivity index is 0.000000282. The zero-order chi connectivity index (χ0) is 15.3. The molecule has 0 aromatic heterocycles. The second-order valence-electron chi connectivity index (χ2n) is 4.58. The third-order valence-electron chi connectivity index (χ3n) is 2.98. The van der Waals surface area contributed by atoms with Crippen molar-refractivity contribution in [2.75, 3.05) is 13.1 Å². The van der Waals surface area contributed by atoms with Gasteiger partial charge in [-0.2, -0.15) is 0 Å². The van der Waals surface area contributed by atoms with Crippen molar-refractivity contribution in [3.05, 3.63) is 48.0 Å². The van der Waals surface area contributed by atoms with E-state index in [1.165, 1.54) is 16.3 Å². The zero-order valence-corrected chi connectivity index (χ0v) is 12.2. The molecule has 1 heterocycles. The average molecular weight is 308 g/mol. The first kappa shape index (κ1) is 15.7. The maximum Gasteiger partial charge on any atom is 0.466 e. The number of rotatable bonds is 2. The van der Waals surface area contributed by atoms with E-state index in [0.717, 1.165) is 25.3 Å². The van der Waals surface area contributed by atoms with Gasteiger partial charge in [-0.25, -0.2) is 4.57 Å². The Morgan fingerprint density at radius 2 is 1.76 bits per heavy atom. The lowest BCUT2D eigenvalue weighted by molar-refractivity contribution is 0.275. The molecule has 0 fully saturated rings. The quantitative estimate of drug-likeness (QED) is 0.629. The van der Waals surface area contributed by atoms with Crippen LogP contribution in [0.3, 0.4) is 0 Å². The topological polar surface area (TPSA) is 102 Å². The Hall–Kier alpha value is -1.72. The first-order valence-corrected chi connectivity index (χ1v) is 8.02. The molecule has 0 saturated heterocycles. The zero-order valence-electron chi connectivity index (χ0n) is 11.3. The van der Waals surface area contributed by atoms with Crippen molar-refractivity contribution in [3.63, 3.8) is 0 Å². The molecule has 0 amide bonds. The second kappa shape index (κ2) is 6.83. The van der Waals surface area contributed by atoms with Crippen LogP contribution in [-0.4, -0.2) is 33.6 Å². The SMILES string of the molecule is O=P(O)(O)O.c1ccc2c(CC3=NCCN3)cccc2c1. The first-order valence-electron chi connectivity index (χ1n) is 6.45. The number of hydrogen-bond acceptors (Lipinski definition) is 3. The summed E-state index contributed by atoms with van der Waals surface area (Å²) in [4.78, 5) is 26.0. The van der Waals surface area contributed by atoms with Gasteiger partial charge in [0.1, 0.15) is 5.84 Å². The third-order valence-corrected chi connectivity index (χ3v) is 2.98. The van der Waals surface area contributed by atoms with Crippen LogP contribution in [0.2, 0.25) is 0 Å². The largest absolute Gasteiger partial charge is 0.466 e. The fourth-order valence-corrected chi connectivity index (χ4v) is 2.19. The highest BCUT2D eigenvalue weighted by Gasteiger charge is 2.07. The molecular weight excluding hydrogens is 291 g/mol. The van der Waals surface area contributed by atoms with Gasteiger partial charge in [0, 0.05) is 13.0 Å². The van der Waals surface area contributed by atoms with E-state index < -0.39 is 7.82 Å². The molecule has 0 atom stereocenters. The Bertz CT molecular complexity index is 683. The van der Waals surface area contributed by atoms with Crippen LogP contribution in [0.1, 0.15) is 5.56 Å². The molecule has 2 aromatic carbocycles. The standard InChI is InChI=1S/C14H14N2.H3O4P/c1-2-7-13-11(4-1)5-3-6-12(13)10-14-15-8-9-16-14;1-5(2,3)4/h1-7H,8-10H2,(H,15,16);(H3,1,2,3,4). The van der Waals surface area contributed by atoms with Gasteiger partial charge in [0.05, 0.1) is 6.54 Å². The molecule has 1 aliphatic rings. The predicted octanol–water partition coefficient (Wildman–Crippen LogP) is 1.46. The molecule has 0 saturated carbocycles. The van der Waals surface area contributed by atoms with Crippen LogP contribution in [-0.2, 0) is 11.0 Å². The van der Waals surface area contributed by atoms with Crippen molar-refractivity contribution in [1.29, 1.82) is 0 Å². The minimum absolute atomic E-state index is 0.917. The van der Waals surface area contributed by atoms with E-state index in [1.807, 2.05) is 0 Å². The fourth-order valence-electron chi connectivity index (χ4n) is 2.19. The Labute approximate surface area is 122 Å². The van der Waals surface area contributed by atoms with E-state index in [1.54, 1.807) is 0 Å². The monoisotopic (exact) mass is 308 g/mol. The summed E-state index contributed by atoms with van der Waals surface area (Å²) >= 11 is 0. The van der Waals surface area contributed by atoms with E-state index in [-0.39, 0.29) is 0 Å². The molecule has 0 bridgehead atoms. The number of phosphoric acid groups is 1. The van der Waals surface area contributed by atoms with Crippen molar-refractivity contribution < 1.29 is 19.2 Å². The molecule has 0 unspecified atom stereocenters. The van der Waals surface area contributed by atoms with Crippen molar-refractivity contribution >= 4 is 24.4 Å². The summed E-state index contributed by atoms with van der Waals surface area (Å²) in [5, 5.41) is 5.96. The van der Waals surface area contributed by atoms with Gasteiger partial charge in [0.15, 0.2) is 0 Å². The van der Waals surface area contributed by atoms with Gasteiger partial charge in [-0.3, -0.25) is 4.99 Å². The van der Waals surface area contributed by atoms with E-state index >= 15 is 0 Å². The van der Waals surface area contributed by atoms with Gasteiger partial charge in [-0.15, -0.1) is 0 Å². The highest BCUT2D eigenvalue weighted by atomic mass is 31.2. The second-order valence-corrected chi connectivity index (χ2v) is 5.61. The van der Waals surface area contributed by atoms with Crippen LogP contribution in [0.25, 0.3) is 10.8 Å². The van der Waals surface area contributed by atoms with E-state index in [2.05, 4.69) is 52.8 Å². The van der Waals surface area contributed by atoms with Crippen LogP contribution in [0.15, 0.2) is 47.5 Å². The van der Waals surface area contributed by atoms with Gasteiger partial charge in [-0.1, -0.05) is 42.5 Å². The molecule has 21 heavy (non-hydrogen) atoms. The summed E-state index contributed by atoms with van der Waals surface area (Å²) < 4.78 is 8.88. The number of nitrogens with one attached hydrogen (secondary N) is 1. The number of hydrogen-bond donors (Lipinski definition) is 4. The van der Waals surface area contributed by atoms with Crippen molar-refractivity contribution in [2.24, 2.45) is 4.99 Å². The summed E-state index contributed by atoms with van der Waals surface area (Å²) in [5.74, 6) is 1.12. The molecule has 0 radical (unpaired) electrons. The lowest BCUT2D eigenvalue weighted by Gasteiger charge is -2.06. The lowest BCUT2D eigenvalue weighted by atomic mass is 10.0. The van der Waals surface area contributed by atoms with Crippen LogP contribution in [0, 0.1) is 0 Å². The fraction of sp³-hybridized carbons (Fsp3) is 0.214. The Morgan fingerprint density at radius 3 is 2.43 bits per heavy atom. The summed E-state index contributed by atoms with van der Waals surface area (Å²) in [5.41, 5.74) is 1.35. The maximum atomic E-state index is 8.88. The maximum absolute atomic E-state index is 8.88. The van der Waals surface area contributed by atoms with Gasteiger partial charge in [-0.05, 0) is 16.3 Å². The number of fused-ring (bicyclic) bond motifs is 1. The van der Waals surface area contributed by atoms with Gasteiger partial charge in [0.25, 0.3) is 0 Å². The molecule has 2 aromatic rings. The number of aliphatic imine (C=N–C) groups is 1. The van der Waals surface area contributed by atoms with Crippen molar-refractivity contribution in [2.45, 2.75) is 6.42 Å². The number of benzene rings is 2. The molecule has 1 aliphatic heterocycles. The van der Waals surface area contributed by atoms with E-state index in [4.69, 9.17) is 19.2 Å². The first-order chi connectivity index (χ1) is 9.93. The van der Waals surface area contributed by atoms with Gasteiger partial charge < -0.3 is 20.0 Å². The average Bonchev–Trinajstić information content (AvgIpc) is 2.90.